The molecule has 0 aromatic heterocycles. The lowest BCUT2D eigenvalue weighted by atomic mass is 10.1. The Hall–Kier alpha value is -1.16. The first kappa shape index (κ1) is 12.3. The van der Waals surface area contributed by atoms with Crippen LogP contribution in [0.2, 0.25) is 0 Å². The van der Waals surface area contributed by atoms with Crippen LogP contribution >= 0.6 is 11.6 Å². The van der Waals surface area contributed by atoms with E-state index in [2.05, 4.69) is 0 Å². The molecule has 0 N–H and O–H groups in total. The highest BCUT2D eigenvalue weighted by Gasteiger charge is 2.29. The SMILES string of the molecule is O=C1CC(CCl)CN1Cc1cc(F)ccc1F. The molecule has 0 radical (unpaired) electrons. The number of halogens is 3. The topological polar surface area (TPSA) is 20.3 Å². The molecule has 0 aliphatic carbocycles. The highest BCUT2D eigenvalue weighted by molar-refractivity contribution is 6.18. The average Bonchev–Trinajstić information content (AvgIpc) is 2.65. The second-order valence-corrected chi connectivity index (χ2v) is 4.54. The van der Waals surface area contributed by atoms with E-state index in [-0.39, 0.29) is 23.9 Å². The number of benzene rings is 1. The van der Waals surface area contributed by atoms with Gasteiger partial charge in [0.25, 0.3) is 0 Å². The molecular formula is C12H12ClF2NO. The number of alkyl halides is 1. The van der Waals surface area contributed by atoms with Crippen molar-refractivity contribution in [1.82, 2.24) is 4.90 Å². The molecule has 1 aliphatic heterocycles. The van der Waals surface area contributed by atoms with Crippen molar-refractivity contribution in [2.45, 2.75) is 13.0 Å². The van der Waals surface area contributed by atoms with Crippen LogP contribution in [0.5, 0.6) is 0 Å². The lowest BCUT2D eigenvalue weighted by molar-refractivity contribution is -0.128. The van der Waals surface area contributed by atoms with E-state index in [0.717, 1.165) is 18.2 Å². The van der Waals surface area contributed by atoms with Crippen molar-refractivity contribution in [2.24, 2.45) is 5.92 Å². The largest absolute Gasteiger partial charge is 0.338 e. The molecule has 17 heavy (non-hydrogen) atoms. The van der Waals surface area contributed by atoms with E-state index in [4.69, 9.17) is 11.6 Å². The fourth-order valence-corrected chi connectivity index (χ4v) is 2.19. The Bertz CT molecular complexity index is 439. The van der Waals surface area contributed by atoms with E-state index >= 15 is 0 Å². The zero-order valence-corrected chi connectivity index (χ0v) is 9.88. The van der Waals surface area contributed by atoms with Gasteiger partial charge in [-0.15, -0.1) is 11.6 Å². The fraction of sp³-hybridized carbons (Fsp3) is 0.417. The molecule has 1 unspecified atom stereocenters. The summed E-state index contributed by atoms with van der Waals surface area (Å²) in [6, 6.07) is 3.26. The van der Waals surface area contributed by atoms with E-state index in [9.17, 15) is 13.6 Å². The molecule has 1 amide bonds. The number of rotatable bonds is 3. The Morgan fingerprint density at radius 1 is 1.41 bits per heavy atom. The third kappa shape index (κ3) is 2.75. The van der Waals surface area contributed by atoms with Gasteiger partial charge in [0, 0.05) is 31.0 Å². The molecule has 0 saturated carbocycles. The lowest BCUT2D eigenvalue weighted by Crippen LogP contribution is -2.25. The fourth-order valence-electron chi connectivity index (χ4n) is 1.98. The van der Waals surface area contributed by atoms with Gasteiger partial charge in [-0.05, 0) is 24.1 Å². The van der Waals surface area contributed by atoms with Gasteiger partial charge in [-0.25, -0.2) is 8.78 Å². The number of hydrogen-bond acceptors (Lipinski definition) is 1. The maximum atomic E-state index is 13.4. The Morgan fingerprint density at radius 2 is 2.18 bits per heavy atom. The first-order valence-electron chi connectivity index (χ1n) is 5.38. The van der Waals surface area contributed by atoms with Crippen LogP contribution < -0.4 is 0 Å². The Morgan fingerprint density at radius 3 is 2.82 bits per heavy atom. The van der Waals surface area contributed by atoms with Crippen molar-refractivity contribution >= 4 is 17.5 Å². The molecule has 1 aromatic carbocycles. The molecule has 2 rings (SSSR count). The maximum absolute atomic E-state index is 13.4. The van der Waals surface area contributed by atoms with Crippen LogP contribution in [-0.2, 0) is 11.3 Å². The molecule has 1 fully saturated rings. The minimum absolute atomic E-state index is 0.0562. The van der Waals surface area contributed by atoms with Crippen LogP contribution in [0.3, 0.4) is 0 Å². The summed E-state index contributed by atoms with van der Waals surface area (Å²) in [5, 5.41) is 0. The predicted molar refractivity (Wildman–Crippen MR) is 60.6 cm³/mol. The summed E-state index contributed by atoms with van der Waals surface area (Å²) < 4.78 is 26.4. The number of likely N-dealkylation sites (tertiary alicyclic amines) is 1. The minimum atomic E-state index is -0.498. The van der Waals surface area contributed by atoms with Crippen molar-refractivity contribution in [1.29, 1.82) is 0 Å². The van der Waals surface area contributed by atoms with Crippen LogP contribution in [0, 0.1) is 17.6 Å². The normalized spacial score (nSPS) is 20.1. The molecule has 1 atom stereocenters. The molecule has 1 aromatic rings. The first-order valence-corrected chi connectivity index (χ1v) is 5.91. The van der Waals surface area contributed by atoms with Gasteiger partial charge >= 0.3 is 0 Å². The van der Waals surface area contributed by atoms with E-state index < -0.39 is 11.6 Å². The average molecular weight is 260 g/mol. The molecule has 0 bridgehead atoms. The highest BCUT2D eigenvalue weighted by atomic mass is 35.5. The standard InChI is InChI=1S/C12H12ClF2NO/c13-5-8-3-12(17)16(6-8)7-9-4-10(14)1-2-11(9)15/h1-2,4,8H,3,5-7H2. The number of nitrogens with zero attached hydrogens (tertiary/aromatic N) is 1. The van der Waals surface area contributed by atoms with Gasteiger partial charge in [0.1, 0.15) is 11.6 Å². The monoisotopic (exact) mass is 259 g/mol. The molecule has 1 saturated heterocycles. The summed E-state index contributed by atoms with van der Waals surface area (Å²) in [5.74, 6) is -0.524. The maximum Gasteiger partial charge on any atom is 0.223 e. The molecule has 1 aliphatic rings. The van der Waals surface area contributed by atoms with E-state index in [0.29, 0.717) is 18.8 Å². The second kappa shape index (κ2) is 5.00. The van der Waals surface area contributed by atoms with Crippen molar-refractivity contribution in [3.05, 3.63) is 35.4 Å². The Labute approximate surface area is 103 Å². The third-order valence-electron chi connectivity index (χ3n) is 2.88. The van der Waals surface area contributed by atoms with Crippen LogP contribution in [0.15, 0.2) is 18.2 Å². The summed E-state index contributed by atoms with van der Waals surface area (Å²) in [6.07, 6.45) is 0.389. The summed E-state index contributed by atoms with van der Waals surface area (Å²) in [4.78, 5) is 13.1. The summed E-state index contributed by atoms with van der Waals surface area (Å²) in [5.41, 5.74) is 0.202. The predicted octanol–water partition coefficient (Wildman–Crippen LogP) is 2.55. The lowest BCUT2D eigenvalue weighted by Gasteiger charge is -2.16. The molecule has 0 spiro atoms. The van der Waals surface area contributed by atoms with Gasteiger partial charge in [-0.2, -0.15) is 0 Å². The smallest absolute Gasteiger partial charge is 0.223 e. The quantitative estimate of drug-likeness (QED) is 0.764. The molecule has 2 nitrogen and oxygen atoms in total. The highest BCUT2D eigenvalue weighted by Crippen LogP contribution is 2.22. The zero-order valence-electron chi connectivity index (χ0n) is 9.13. The zero-order chi connectivity index (χ0) is 12.4. The van der Waals surface area contributed by atoms with Crippen molar-refractivity contribution in [2.75, 3.05) is 12.4 Å². The third-order valence-corrected chi connectivity index (χ3v) is 3.32. The number of carbonyl (C=O) groups excluding carboxylic acids is 1. The Balaban J connectivity index is 2.11. The first-order chi connectivity index (χ1) is 8.10. The van der Waals surface area contributed by atoms with Crippen LogP contribution in [0.1, 0.15) is 12.0 Å². The van der Waals surface area contributed by atoms with Gasteiger partial charge in [0.15, 0.2) is 0 Å². The number of hydrogen-bond donors (Lipinski definition) is 0. The summed E-state index contributed by atoms with van der Waals surface area (Å²) in [7, 11) is 0. The van der Waals surface area contributed by atoms with Gasteiger partial charge in [0.2, 0.25) is 5.91 Å². The van der Waals surface area contributed by atoms with Gasteiger partial charge in [-0.3, -0.25) is 4.79 Å². The van der Waals surface area contributed by atoms with Gasteiger partial charge in [-0.1, -0.05) is 0 Å². The van der Waals surface area contributed by atoms with E-state index in [1.165, 1.54) is 4.90 Å². The molecule has 5 heteroatoms. The molecule has 1 heterocycles. The number of amides is 1. The number of carbonyl (C=O) groups is 1. The van der Waals surface area contributed by atoms with Crippen LogP contribution in [0.25, 0.3) is 0 Å². The van der Waals surface area contributed by atoms with Crippen molar-refractivity contribution in [3.63, 3.8) is 0 Å². The Kier molecular flexibility index (Phi) is 3.62. The summed E-state index contributed by atoms with van der Waals surface area (Å²) in [6.45, 7) is 0.619. The van der Waals surface area contributed by atoms with Crippen LogP contribution in [0.4, 0.5) is 8.78 Å². The van der Waals surface area contributed by atoms with E-state index in [1.807, 2.05) is 0 Å². The molecule has 92 valence electrons. The minimum Gasteiger partial charge on any atom is -0.338 e. The molecular weight excluding hydrogens is 248 g/mol. The summed E-state index contributed by atoms with van der Waals surface area (Å²) >= 11 is 5.68. The van der Waals surface area contributed by atoms with Gasteiger partial charge < -0.3 is 4.90 Å². The van der Waals surface area contributed by atoms with Crippen molar-refractivity contribution < 1.29 is 13.6 Å². The van der Waals surface area contributed by atoms with Gasteiger partial charge in [0.05, 0.1) is 0 Å². The van der Waals surface area contributed by atoms with Crippen LogP contribution in [-0.4, -0.2) is 23.2 Å². The second-order valence-electron chi connectivity index (χ2n) is 4.23. The van der Waals surface area contributed by atoms with E-state index in [1.54, 1.807) is 0 Å². The van der Waals surface area contributed by atoms with Crippen molar-refractivity contribution in [3.8, 4) is 0 Å².